The summed E-state index contributed by atoms with van der Waals surface area (Å²) in [7, 11) is 0. The van der Waals surface area contributed by atoms with Crippen molar-refractivity contribution in [3.05, 3.63) is 60.2 Å². The molecule has 2 rings (SSSR count). The van der Waals surface area contributed by atoms with Gasteiger partial charge in [-0.05, 0) is 24.3 Å². The normalized spacial score (nSPS) is 11.4. The van der Waals surface area contributed by atoms with Gasteiger partial charge in [-0.3, -0.25) is 0 Å². The zero-order valence-electron chi connectivity index (χ0n) is 8.67. The van der Waals surface area contributed by atoms with E-state index in [1.165, 1.54) is 0 Å². The molecule has 0 aliphatic carbocycles. The number of nitrogens with zero attached hydrogens (tertiary/aromatic N) is 1. The molecule has 16 heavy (non-hydrogen) atoms. The van der Waals surface area contributed by atoms with Crippen molar-refractivity contribution in [1.82, 2.24) is 0 Å². The Morgan fingerprint density at radius 1 is 0.938 bits per heavy atom. The van der Waals surface area contributed by atoms with Gasteiger partial charge in [-0.15, -0.1) is 0 Å². The number of nitrogens with two attached hydrogens (primary N) is 1. The minimum Gasteiger partial charge on any atom is -0.507 e. The summed E-state index contributed by atoms with van der Waals surface area (Å²) < 4.78 is 0. The molecule has 80 valence electrons. The summed E-state index contributed by atoms with van der Waals surface area (Å²) in [6.07, 6.45) is 0. The van der Waals surface area contributed by atoms with Crippen LogP contribution in [0.2, 0.25) is 0 Å². The first-order valence-corrected chi connectivity index (χ1v) is 4.95. The molecule has 0 aromatic heterocycles. The van der Waals surface area contributed by atoms with Crippen molar-refractivity contribution in [3.63, 3.8) is 0 Å². The van der Waals surface area contributed by atoms with Crippen LogP contribution in [0.15, 0.2) is 59.6 Å². The molecule has 0 fully saturated rings. The van der Waals surface area contributed by atoms with E-state index in [0.29, 0.717) is 11.4 Å². The Kier molecular flexibility index (Phi) is 2.87. The van der Waals surface area contributed by atoms with Gasteiger partial charge < -0.3 is 10.8 Å². The van der Waals surface area contributed by atoms with Gasteiger partial charge in [-0.2, -0.15) is 0 Å². The number of phenols is 1. The van der Waals surface area contributed by atoms with Crippen molar-refractivity contribution in [1.29, 1.82) is 0 Å². The second-order valence-electron chi connectivity index (χ2n) is 3.35. The Morgan fingerprint density at radius 3 is 2.25 bits per heavy atom. The third-order valence-electron chi connectivity index (χ3n) is 2.19. The van der Waals surface area contributed by atoms with E-state index in [4.69, 9.17) is 5.73 Å². The van der Waals surface area contributed by atoms with Crippen molar-refractivity contribution in [3.8, 4) is 5.75 Å². The van der Waals surface area contributed by atoms with Crippen LogP contribution in [0, 0.1) is 0 Å². The van der Waals surface area contributed by atoms with Gasteiger partial charge in [-0.1, -0.05) is 30.3 Å². The van der Waals surface area contributed by atoms with Gasteiger partial charge in [0.05, 0.1) is 11.3 Å². The summed E-state index contributed by atoms with van der Waals surface area (Å²) in [5, 5.41) is 9.60. The monoisotopic (exact) mass is 212 g/mol. The molecule has 0 amide bonds. The number of phenolic OH excluding ortho intramolecular Hbond substituents is 1. The van der Waals surface area contributed by atoms with E-state index >= 15 is 0 Å². The predicted octanol–water partition coefficient (Wildman–Crippen LogP) is 2.43. The molecule has 0 unspecified atom stereocenters. The molecule has 3 heteroatoms. The van der Waals surface area contributed by atoms with Crippen molar-refractivity contribution in [2.24, 2.45) is 10.7 Å². The smallest absolute Gasteiger partial charge is 0.135 e. The molecule has 0 aliphatic heterocycles. The summed E-state index contributed by atoms with van der Waals surface area (Å²) in [6, 6.07) is 16.3. The molecule has 0 bridgehead atoms. The van der Waals surface area contributed by atoms with Gasteiger partial charge in [0.2, 0.25) is 0 Å². The minimum absolute atomic E-state index is 0.139. The second kappa shape index (κ2) is 4.49. The number of rotatable bonds is 2. The van der Waals surface area contributed by atoms with Gasteiger partial charge in [0.1, 0.15) is 11.6 Å². The highest BCUT2D eigenvalue weighted by atomic mass is 16.3. The van der Waals surface area contributed by atoms with E-state index in [0.717, 1.165) is 5.69 Å². The van der Waals surface area contributed by atoms with E-state index in [9.17, 15) is 5.11 Å². The maximum atomic E-state index is 9.60. The molecule has 0 atom stereocenters. The lowest BCUT2D eigenvalue weighted by molar-refractivity contribution is 0.474. The quantitative estimate of drug-likeness (QED) is 0.593. The molecule has 0 saturated heterocycles. The maximum Gasteiger partial charge on any atom is 0.135 e. The molecule has 0 heterocycles. The largest absolute Gasteiger partial charge is 0.507 e. The number of hydrogen-bond acceptors (Lipinski definition) is 2. The summed E-state index contributed by atoms with van der Waals surface area (Å²) in [6.45, 7) is 0. The van der Waals surface area contributed by atoms with Crippen LogP contribution in [0.25, 0.3) is 0 Å². The number of para-hydroxylation sites is 2. The highest BCUT2D eigenvalue weighted by Gasteiger charge is 2.03. The third-order valence-corrected chi connectivity index (χ3v) is 2.19. The summed E-state index contributed by atoms with van der Waals surface area (Å²) in [4.78, 5) is 4.22. The van der Waals surface area contributed by atoms with Gasteiger partial charge >= 0.3 is 0 Å². The highest BCUT2D eigenvalue weighted by molar-refractivity contribution is 6.01. The van der Waals surface area contributed by atoms with E-state index in [-0.39, 0.29) is 5.75 Å². The Bertz CT molecular complexity index is 506. The fourth-order valence-corrected chi connectivity index (χ4v) is 1.39. The van der Waals surface area contributed by atoms with E-state index in [1.54, 1.807) is 18.2 Å². The number of benzene rings is 2. The molecule has 0 radical (unpaired) electrons. The van der Waals surface area contributed by atoms with Crippen LogP contribution in [-0.4, -0.2) is 10.9 Å². The van der Waals surface area contributed by atoms with Crippen LogP contribution in [-0.2, 0) is 0 Å². The zero-order valence-corrected chi connectivity index (χ0v) is 8.67. The number of amidine groups is 1. The number of aromatic hydroxyl groups is 1. The predicted molar refractivity (Wildman–Crippen MR) is 64.9 cm³/mol. The van der Waals surface area contributed by atoms with Gasteiger partial charge in [0, 0.05) is 0 Å². The lowest BCUT2D eigenvalue weighted by atomic mass is 10.2. The Hall–Kier alpha value is -2.29. The Morgan fingerprint density at radius 2 is 1.56 bits per heavy atom. The molecular formula is C13H12N2O. The zero-order chi connectivity index (χ0) is 11.4. The van der Waals surface area contributed by atoms with Gasteiger partial charge in [0.15, 0.2) is 0 Å². The standard InChI is InChI=1S/C13H12N2O/c14-13(11-8-4-5-9-12(11)16)15-10-6-2-1-3-7-10/h1-9,16H,(H2,14,15). The van der Waals surface area contributed by atoms with Gasteiger partial charge in [0.25, 0.3) is 0 Å². The summed E-state index contributed by atoms with van der Waals surface area (Å²) in [5.74, 6) is 0.448. The van der Waals surface area contributed by atoms with Crippen LogP contribution in [0.4, 0.5) is 5.69 Å². The first-order valence-electron chi connectivity index (χ1n) is 4.95. The SMILES string of the molecule is NC(=Nc1ccccc1)c1ccccc1O. The van der Waals surface area contributed by atoms with Crippen molar-refractivity contribution >= 4 is 11.5 Å². The summed E-state index contributed by atoms with van der Waals surface area (Å²) in [5.41, 5.74) is 7.13. The van der Waals surface area contributed by atoms with E-state index in [1.807, 2.05) is 36.4 Å². The highest BCUT2D eigenvalue weighted by Crippen LogP contribution is 2.17. The maximum absolute atomic E-state index is 9.60. The van der Waals surface area contributed by atoms with Gasteiger partial charge in [-0.25, -0.2) is 4.99 Å². The first kappa shape index (κ1) is 10.2. The first-order chi connectivity index (χ1) is 7.77. The topological polar surface area (TPSA) is 58.6 Å². The van der Waals surface area contributed by atoms with Crippen LogP contribution in [0.5, 0.6) is 5.75 Å². The van der Waals surface area contributed by atoms with Crippen LogP contribution < -0.4 is 5.73 Å². The Balaban J connectivity index is 2.36. The molecule has 2 aromatic rings. The molecule has 0 saturated carbocycles. The fourth-order valence-electron chi connectivity index (χ4n) is 1.39. The van der Waals surface area contributed by atoms with Crippen molar-refractivity contribution in [2.45, 2.75) is 0 Å². The fraction of sp³-hybridized carbons (Fsp3) is 0. The van der Waals surface area contributed by atoms with Crippen molar-refractivity contribution < 1.29 is 5.11 Å². The third kappa shape index (κ3) is 2.20. The lowest BCUT2D eigenvalue weighted by Crippen LogP contribution is -2.12. The molecular weight excluding hydrogens is 200 g/mol. The molecule has 0 aliphatic rings. The molecule has 3 N–H and O–H groups in total. The molecule has 0 spiro atoms. The minimum atomic E-state index is 0.139. The lowest BCUT2D eigenvalue weighted by Gasteiger charge is -2.03. The Labute approximate surface area is 93.9 Å². The second-order valence-corrected chi connectivity index (χ2v) is 3.35. The average Bonchev–Trinajstić information content (AvgIpc) is 2.31. The number of hydrogen-bond donors (Lipinski definition) is 2. The summed E-state index contributed by atoms with van der Waals surface area (Å²) >= 11 is 0. The van der Waals surface area contributed by atoms with Crippen LogP contribution in [0.1, 0.15) is 5.56 Å². The molecule has 2 aromatic carbocycles. The van der Waals surface area contributed by atoms with Crippen LogP contribution in [0.3, 0.4) is 0 Å². The van der Waals surface area contributed by atoms with E-state index < -0.39 is 0 Å². The average molecular weight is 212 g/mol. The van der Waals surface area contributed by atoms with E-state index in [2.05, 4.69) is 4.99 Å². The molecule has 3 nitrogen and oxygen atoms in total. The number of aliphatic imine (C=N–C) groups is 1. The van der Waals surface area contributed by atoms with Crippen molar-refractivity contribution in [2.75, 3.05) is 0 Å². The van der Waals surface area contributed by atoms with Crippen LogP contribution >= 0.6 is 0 Å².